The number of benzene rings is 1. The van der Waals surface area contributed by atoms with Crippen LogP contribution < -0.4 is 14.8 Å². The maximum Gasteiger partial charge on any atom is 0.127 e. The van der Waals surface area contributed by atoms with Crippen molar-refractivity contribution >= 4 is 0 Å². The summed E-state index contributed by atoms with van der Waals surface area (Å²) in [6, 6.07) is 6.10. The van der Waals surface area contributed by atoms with Crippen molar-refractivity contribution in [2.45, 2.75) is 25.3 Å². The average Bonchev–Trinajstić information content (AvgIpc) is 2.93. The van der Waals surface area contributed by atoms with Gasteiger partial charge in [0.1, 0.15) is 11.5 Å². The van der Waals surface area contributed by atoms with Gasteiger partial charge in [-0.2, -0.15) is 0 Å². The lowest BCUT2D eigenvalue weighted by Crippen LogP contribution is -2.19. The first-order valence-electron chi connectivity index (χ1n) is 6.39. The lowest BCUT2D eigenvalue weighted by atomic mass is 9.96. The first-order chi connectivity index (χ1) is 8.81. The number of methoxy groups -OCH3 is 2. The fourth-order valence-corrected chi connectivity index (χ4v) is 2.64. The summed E-state index contributed by atoms with van der Waals surface area (Å²) < 4.78 is 11.0. The van der Waals surface area contributed by atoms with E-state index < -0.39 is 0 Å². The third-order valence-electron chi connectivity index (χ3n) is 3.49. The molecule has 0 spiro atoms. The highest BCUT2D eigenvalue weighted by molar-refractivity contribution is 5.50. The highest BCUT2D eigenvalue weighted by Crippen LogP contribution is 2.40. The van der Waals surface area contributed by atoms with E-state index in [1.165, 1.54) is 18.4 Å². The number of ether oxygens (including phenoxy) is 2. The van der Waals surface area contributed by atoms with Crippen LogP contribution in [0.2, 0.25) is 0 Å². The molecule has 1 aliphatic carbocycles. The van der Waals surface area contributed by atoms with Crippen LogP contribution in [0.5, 0.6) is 11.5 Å². The molecular formula is C15H21NO2. The number of hydrogen-bond acceptors (Lipinski definition) is 3. The zero-order chi connectivity index (χ0) is 13.0. The van der Waals surface area contributed by atoms with E-state index in [2.05, 4.69) is 11.4 Å². The Bertz CT molecular complexity index is 418. The number of nitrogens with one attached hydrogen (secondary N) is 1. The van der Waals surface area contributed by atoms with Crippen molar-refractivity contribution in [3.8, 4) is 11.5 Å². The van der Waals surface area contributed by atoms with Crippen LogP contribution in [0.4, 0.5) is 0 Å². The van der Waals surface area contributed by atoms with Crippen LogP contribution in [0.15, 0.2) is 29.8 Å². The maximum absolute atomic E-state index is 5.48. The Balaban J connectivity index is 2.45. The van der Waals surface area contributed by atoms with Crippen LogP contribution >= 0.6 is 0 Å². The quantitative estimate of drug-likeness (QED) is 0.811. The Morgan fingerprint density at radius 3 is 2.28 bits per heavy atom. The SMILES string of the molecule is CNC(C1=CCCC1)c1c(OC)cccc1OC. The summed E-state index contributed by atoms with van der Waals surface area (Å²) in [6.45, 7) is 0. The molecule has 0 bridgehead atoms. The summed E-state index contributed by atoms with van der Waals surface area (Å²) in [5.74, 6) is 1.75. The second-order valence-corrected chi connectivity index (χ2v) is 4.47. The van der Waals surface area contributed by atoms with E-state index in [-0.39, 0.29) is 6.04 Å². The molecular weight excluding hydrogens is 226 g/mol. The van der Waals surface area contributed by atoms with Crippen molar-refractivity contribution in [3.63, 3.8) is 0 Å². The third kappa shape index (κ3) is 2.36. The van der Waals surface area contributed by atoms with Crippen LogP contribution in [-0.4, -0.2) is 21.3 Å². The lowest BCUT2D eigenvalue weighted by Gasteiger charge is -2.23. The molecule has 18 heavy (non-hydrogen) atoms. The largest absolute Gasteiger partial charge is 0.496 e. The minimum atomic E-state index is 0.179. The topological polar surface area (TPSA) is 30.5 Å². The molecule has 0 aliphatic heterocycles. The van der Waals surface area contributed by atoms with Crippen LogP contribution in [0, 0.1) is 0 Å². The molecule has 0 amide bonds. The van der Waals surface area contributed by atoms with Gasteiger partial charge in [0, 0.05) is 0 Å². The molecule has 0 aromatic heterocycles. The highest BCUT2D eigenvalue weighted by Gasteiger charge is 2.24. The van der Waals surface area contributed by atoms with E-state index in [4.69, 9.17) is 9.47 Å². The molecule has 0 radical (unpaired) electrons. The average molecular weight is 247 g/mol. The summed E-state index contributed by atoms with van der Waals surface area (Å²) >= 11 is 0. The molecule has 3 heteroatoms. The van der Waals surface area contributed by atoms with Crippen molar-refractivity contribution in [3.05, 3.63) is 35.4 Å². The Kier molecular flexibility index (Phi) is 4.26. The van der Waals surface area contributed by atoms with Gasteiger partial charge in [0.2, 0.25) is 0 Å². The monoisotopic (exact) mass is 247 g/mol. The Morgan fingerprint density at radius 1 is 1.17 bits per heavy atom. The van der Waals surface area contributed by atoms with E-state index in [9.17, 15) is 0 Å². The normalized spacial score (nSPS) is 16.3. The fourth-order valence-electron chi connectivity index (χ4n) is 2.64. The molecule has 1 atom stereocenters. The molecule has 1 unspecified atom stereocenters. The van der Waals surface area contributed by atoms with Crippen LogP contribution in [0.3, 0.4) is 0 Å². The molecule has 1 aromatic rings. The molecule has 2 rings (SSSR count). The van der Waals surface area contributed by atoms with Gasteiger partial charge in [0.15, 0.2) is 0 Å². The molecule has 98 valence electrons. The van der Waals surface area contributed by atoms with Gasteiger partial charge < -0.3 is 14.8 Å². The van der Waals surface area contributed by atoms with E-state index in [0.29, 0.717) is 0 Å². The van der Waals surface area contributed by atoms with E-state index in [0.717, 1.165) is 23.5 Å². The number of allylic oxidation sites excluding steroid dienone is 1. The van der Waals surface area contributed by atoms with E-state index in [1.54, 1.807) is 14.2 Å². The summed E-state index contributed by atoms with van der Waals surface area (Å²) in [4.78, 5) is 0. The standard InChI is InChI=1S/C15H21NO2/c1-16-15(11-7-4-5-8-11)14-12(17-2)9-6-10-13(14)18-3/h6-7,9-10,15-16H,4-5,8H2,1-3H3. The van der Waals surface area contributed by atoms with Crippen molar-refractivity contribution in [1.82, 2.24) is 5.32 Å². The van der Waals surface area contributed by atoms with Crippen molar-refractivity contribution in [1.29, 1.82) is 0 Å². The number of hydrogen-bond donors (Lipinski definition) is 1. The van der Waals surface area contributed by atoms with Gasteiger partial charge in [-0.1, -0.05) is 17.7 Å². The molecule has 3 nitrogen and oxygen atoms in total. The van der Waals surface area contributed by atoms with Gasteiger partial charge in [-0.3, -0.25) is 0 Å². The minimum absolute atomic E-state index is 0.179. The number of rotatable bonds is 5. The van der Waals surface area contributed by atoms with Crippen LogP contribution in [-0.2, 0) is 0 Å². The summed E-state index contributed by atoms with van der Waals surface area (Å²) in [5.41, 5.74) is 2.53. The van der Waals surface area contributed by atoms with Gasteiger partial charge in [-0.05, 0) is 38.4 Å². The molecule has 0 saturated carbocycles. The fraction of sp³-hybridized carbons (Fsp3) is 0.467. The maximum atomic E-state index is 5.48. The predicted octanol–water partition coefficient (Wildman–Crippen LogP) is 3.07. The second-order valence-electron chi connectivity index (χ2n) is 4.47. The second kappa shape index (κ2) is 5.91. The van der Waals surface area contributed by atoms with Gasteiger partial charge >= 0.3 is 0 Å². The molecule has 1 N–H and O–H groups in total. The molecule has 1 aliphatic rings. The molecule has 0 saturated heterocycles. The summed E-state index contributed by atoms with van der Waals surface area (Å²) in [6.07, 6.45) is 5.88. The first-order valence-corrected chi connectivity index (χ1v) is 6.39. The number of likely N-dealkylation sites (N-methyl/N-ethyl adjacent to an activating group) is 1. The first kappa shape index (κ1) is 13.0. The van der Waals surface area contributed by atoms with E-state index in [1.807, 2.05) is 25.2 Å². The molecule has 0 fully saturated rings. The smallest absolute Gasteiger partial charge is 0.127 e. The van der Waals surface area contributed by atoms with Gasteiger partial charge in [0.25, 0.3) is 0 Å². The Hall–Kier alpha value is -1.48. The van der Waals surface area contributed by atoms with Crippen molar-refractivity contribution in [2.24, 2.45) is 0 Å². The zero-order valence-corrected chi connectivity index (χ0v) is 11.3. The Morgan fingerprint density at radius 2 is 1.83 bits per heavy atom. The van der Waals surface area contributed by atoms with E-state index >= 15 is 0 Å². The molecule has 0 heterocycles. The van der Waals surface area contributed by atoms with Gasteiger partial charge in [0.05, 0.1) is 25.8 Å². The Labute approximate surface area is 109 Å². The van der Waals surface area contributed by atoms with Gasteiger partial charge in [-0.25, -0.2) is 0 Å². The summed E-state index contributed by atoms with van der Waals surface area (Å²) in [7, 11) is 5.39. The van der Waals surface area contributed by atoms with Crippen molar-refractivity contribution < 1.29 is 9.47 Å². The summed E-state index contributed by atoms with van der Waals surface area (Å²) in [5, 5.41) is 3.38. The zero-order valence-electron chi connectivity index (χ0n) is 11.3. The van der Waals surface area contributed by atoms with Crippen LogP contribution in [0.1, 0.15) is 30.9 Å². The highest BCUT2D eigenvalue weighted by atomic mass is 16.5. The molecule has 1 aromatic carbocycles. The predicted molar refractivity (Wildman–Crippen MR) is 73.3 cm³/mol. The third-order valence-corrected chi connectivity index (χ3v) is 3.49. The lowest BCUT2D eigenvalue weighted by molar-refractivity contribution is 0.377. The van der Waals surface area contributed by atoms with Crippen molar-refractivity contribution in [2.75, 3.05) is 21.3 Å². The minimum Gasteiger partial charge on any atom is -0.496 e. The van der Waals surface area contributed by atoms with Gasteiger partial charge in [-0.15, -0.1) is 0 Å². The van der Waals surface area contributed by atoms with Crippen LogP contribution in [0.25, 0.3) is 0 Å².